The molecule has 0 rings (SSSR count). The molecule has 2 N–H and O–H groups in total. The van der Waals surface area contributed by atoms with Crippen LogP contribution >= 0.6 is 23.2 Å². The van der Waals surface area contributed by atoms with Crippen LogP contribution in [0.2, 0.25) is 0 Å². The van der Waals surface area contributed by atoms with Crippen molar-refractivity contribution >= 4 is 28.4 Å². The maximum atomic E-state index is 10.1. The third-order valence-corrected chi connectivity index (χ3v) is 1.36. The van der Waals surface area contributed by atoms with Crippen LogP contribution in [0.1, 0.15) is 0 Å². The minimum Gasteiger partial charge on any atom is -0.373 e. The van der Waals surface area contributed by atoms with E-state index < -0.39 is 15.8 Å². The van der Waals surface area contributed by atoms with E-state index in [4.69, 9.17) is 28.6 Å². The molecule has 0 atom stereocenters. The molecule has 11 heavy (non-hydrogen) atoms. The lowest BCUT2D eigenvalue weighted by molar-refractivity contribution is -0.415. The van der Waals surface area contributed by atoms with Gasteiger partial charge >= 0.3 is 5.70 Å². The number of hydrogen-bond acceptors (Lipinski definition) is 4. The molecule has 0 aromatic rings. The predicted octanol–water partition coefficient (Wildman–Crippen LogP) is 1.11. The van der Waals surface area contributed by atoms with E-state index in [1.165, 1.54) is 7.05 Å². The smallest absolute Gasteiger partial charge is 0.340 e. The van der Waals surface area contributed by atoms with Crippen LogP contribution in [0, 0.1) is 15.5 Å². The summed E-state index contributed by atoms with van der Waals surface area (Å²) in [6.45, 7) is 0. The minimum atomic E-state index is -0.825. The summed E-state index contributed by atoms with van der Waals surface area (Å²) >= 11 is 10.4. The molecule has 0 aromatic carbocycles. The molecule has 0 unspecified atom stereocenters. The van der Waals surface area contributed by atoms with E-state index in [-0.39, 0.29) is 5.16 Å². The number of nitrogens with one attached hydrogen (secondary N) is 2. The van der Waals surface area contributed by atoms with E-state index in [9.17, 15) is 10.1 Å². The van der Waals surface area contributed by atoms with Crippen LogP contribution < -0.4 is 5.32 Å². The fourth-order valence-corrected chi connectivity index (χ4v) is 0.750. The second-order valence-electron chi connectivity index (χ2n) is 1.48. The Morgan fingerprint density at radius 3 is 2.18 bits per heavy atom. The van der Waals surface area contributed by atoms with Gasteiger partial charge in [0.05, 0.1) is 4.92 Å². The fraction of sp³-hybridized carbons (Fsp3) is 0.250. The zero-order chi connectivity index (χ0) is 9.02. The van der Waals surface area contributed by atoms with Gasteiger partial charge in [-0.1, -0.05) is 23.2 Å². The van der Waals surface area contributed by atoms with E-state index in [2.05, 4.69) is 5.32 Å². The number of rotatable bonds is 3. The summed E-state index contributed by atoms with van der Waals surface area (Å²) in [6, 6.07) is 0. The summed E-state index contributed by atoms with van der Waals surface area (Å²) in [5.41, 5.74) is -0.629. The molecule has 0 aliphatic heterocycles. The van der Waals surface area contributed by atoms with Crippen molar-refractivity contribution in [2.75, 3.05) is 7.05 Å². The number of allylic oxidation sites excluding steroid dienone is 1. The van der Waals surface area contributed by atoms with E-state index >= 15 is 0 Å². The summed E-state index contributed by atoms with van der Waals surface area (Å²) < 4.78 is 0. The van der Waals surface area contributed by atoms with Crippen molar-refractivity contribution in [3.05, 3.63) is 21.0 Å². The number of hydrogen-bond donors (Lipinski definition) is 2. The van der Waals surface area contributed by atoms with Crippen LogP contribution in [0.15, 0.2) is 10.9 Å². The van der Waals surface area contributed by atoms with Crippen molar-refractivity contribution in [2.45, 2.75) is 0 Å². The van der Waals surface area contributed by atoms with E-state index in [1.54, 1.807) is 0 Å². The van der Waals surface area contributed by atoms with Crippen LogP contribution in [0.5, 0.6) is 0 Å². The summed E-state index contributed by atoms with van der Waals surface area (Å²) in [7, 11) is 1.39. The van der Waals surface area contributed by atoms with Gasteiger partial charge < -0.3 is 5.32 Å². The maximum Gasteiger partial charge on any atom is 0.340 e. The quantitative estimate of drug-likeness (QED) is 0.308. The molecule has 7 heteroatoms. The van der Waals surface area contributed by atoms with Crippen LogP contribution in [0.4, 0.5) is 0 Å². The monoisotopic (exact) mass is 197 g/mol. The third-order valence-electron chi connectivity index (χ3n) is 0.818. The van der Waals surface area contributed by atoms with Crippen molar-refractivity contribution in [2.24, 2.45) is 0 Å². The second kappa shape index (κ2) is 4.15. The Morgan fingerprint density at radius 1 is 1.64 bits per heavy atom. The Labute approximate surface area is 72.6 Å². The molecular weight excluding hydrogens is 193 g/mol. The first-order chi connectivity index (χ1) is 5.00. The topological polar surface area (TPSA) is 79.0 Å². The van der Waals surface area contributed by atoms with Gasteiger partial charge in [0.15, 0.2) is 5.16 Å². The van der Waals surface area contributed by atoms with Gasteiger partial charge in [0.2, 0.25) is 5.17 Å². The Kier molecular flexibility index (Phi) is 3.84. The van der Waals surface area contributed by atoms with Crippen molar-refractivity contribution in [3.8, 4) is 0 Å². The first-order valence-corrected chi connectivity index (χ1v) is 3.22. The van der Waals surface area contributed by atoms with E-state index in [1.807, 2.05) is 0 Å². The molecule has 62 valence electrons. The molecule has 0 heterocycles. The Morgan fingerprint density at radius 2 is 2.09 bits per heavy atom. The van der Waals surface area contributed by atoms with Crippen LogP contribution in [0.3, 0.4) is 0 Å². The Bertz CT molecular complexity index is 209. The second-order valence-corrected chi connectivity index (χ2v) is 2.24. The lowest BCUT2D eigenvalue weighted by Crippen LogP contribution is -2.13. The van der Waals surface area contributed by atoms with E-state index in [0.717, 1.165) is 0 Å². The summed E-state index contributed by atoms with van der Waals surface area (Å²) in [4.78, 5) is 9.31. The highest BCUT2D eigenvalue weighted by molar-refractivity contribution is 6.68. The van der Waals surface area contributed by atoms with Crippen LogP contribution in [0.25, 0.3) is 0 Å². The van der Waals surface area contributed by atoms with Gasteiger partial charge in [0, 0.05) is 7.05 Å². The average molecular weight is 198 g/mol. The van der Waals surface area contributed by atoms with Crippen molar-refractivity contribution in [1.82, 2.24) is 5.32 Å². The Balaban J connectivity index is 4.88. The summed E-state index contributed by atoms with van der Waals surface area (Å²) in [6.07, 6.45) is 0. The standard InChI is InChI=1S/C4H5Cl2N3O2/c1-8-4(6)2(3(5)7)9(10)11/h7-8H,1H3/b4-2+,7-3?. The third kappa shape index (κ3) is 2.73. The average Bonchev–Trinajstić information content (AvgIpc) is 1.85. The normalized spacial score (nSPS) is 11.9. The van der Waals surface area contributed by atoms with Crippen molar-refractivity contribution < 1.29 is 4.92 Å². The SMILES string of the molecule is CN/C(Cl)=C(\C(=N)Cl)[N+](=O)[O-]. The molecule has 0 aliphatic rings. The predicted molar refractivity (Wildman–Crippen MR) is 42.5 cm³/mol. The van der Waals surface area contributed by atoms with E-state index in [0.29, 0.717) is 0 Å². The number of nitro groups is 1. The highest BCUT2D eigenvalue weighted by Gasteiger charge is 2.20. The lowest BCUT2D eigenvalue weighted by atomic mass is 10.5. The fourth-order valence-electron chi connectivity index (χ4n) is 0.375. The first kappa shape index (κ1) is 10.2. The number of halogens is 2. The molecule has 0 bridgehead atoms. The van der Waals surface area contributed by atoms with Crippen molar-refractivity contribution in [3.63, 3.8) is 0 Å². The summed E-state index contributed by atoms with van der Waals surface area (Å²) in [5, 5.41) is 18.2. The van der Waals surface area contributed by atoms with Crippen molar-refractivity contribution in [1.29, 1.82) is 5.41 Å². The molecule has 0 aromatic heterocycles. The van der Waals surface area contributed by atoms with Gasteiger partial charge in [-0.2, -0.15) is 0 Å². The maximum absolute atomic E-state index is 10.1. The minimum absolute atomic E-state index is 0.255. The van der Waals surface area contributed by atoms with Crippen LogP contribution in [-0.4, -0.2) is 17.1 Å². The lowest BCUT2D eigenvalue weighted by Gasteiger charge is -1.97. The van der Waals surface area contributed by atoms with Gasteiger partial charge in [-0.05, 0) is 0 Å². The molecule has 5 nitrogen and oxygen atoms in total. The molecule has 0 saturated carbocycles. The summed E-state index contributed by atoms with van der Waals surface area (Å²) in [5.74, 6) is 0. The molecular formula is C4H5Cl2N3O2. The Hall–Kier alpha value is -0.810. The first-order valence-electron chi connectivity index (χ1n) is 2.47. The highest BCUT2D eigenvalue weighted by Crippen LogP contribution is 2.09. The number of nitrogens with zero attached hydrogens (tertiary/aromatic N) is 1. The molecule has 0 radical (unpaired) electrons. The highest BCUT2D eigenvalue weighted by atomic mass is 35.5. The van der Waals surface area contributed by atoms with Gasteiger partial charge in [-0.15, -0.1) is 0 Å². The van der Waals surface area contributed by atoms with Gasteiger partial charge in [0.1, 0.15) is 0 Å². The van der Waals surface area contributed by atoms with Crippen LogP contribution in [-0.2, 0) is 0 Å². The van der Waals surface area contributed by atoms with Gasteiger partial charge in [0.25, 0.3) is 0 Å². The van der Waals surface area contributed by atoms with Gasteiger partial charge in [-0.3, -0.25) is 15.5 Å². The largest absolute Gasteiger partial charge is 0.373 e. The zero-order valence-electron chi connectivity index (χ0n) is 5.52. The molecule has 0 fully saturated rings. The molecule has 0 aliphatic carbocycles. The van der Waals surface area contributed by atoms with Gasteiger partial charge in [-0.25, -0.2) is 0 Å². The molecule has 0 saturated heterocycles. The molecule has 0 spiro atoms. The molecule has 0 amide bonds. The zero-order valence-corrected chi connectivity index (χ0v) is 7.03.